The predicted molar refractivity (Wildman–Crippen MR) is 78.6 cm³/mol. The molecule has 22 heavy (non-hydrogen) atoms. The Hall–Kier alpha value is -2.12. The minimum Gasteiger partial charge on any atom is -0.468 e. The molecule has 0 unspecified atom stereocenters. The highest BCUT2D eigenvalue weighted by Crippen LogP contribution is 2.15. The second-order valence-corrected chi connectivity index (χ2v) is 4.95. The fraction of sp³-hybridized carbons (Fsp3) is 0.467. The lowest BCUT2D eigenvalue weighted by atomic mass is 10.1. The SMILES string of the molecule is COC(=O)[C@@H](N)Cc1ccc(OC(=O)N2CCOCC2)cc1. The van der Waals surface area contributed by atoms with Crippen LogP contribution in [0.25, 0.3) is 0 Å². The number of rotatable bonds is 4. The largest absolute Gasteiger partial charge is 0.468 e. The van der Waals surface area contributed by atoms with E-state index in [9.17, 15) is 9.59 Å². The first kappa shape index (κ1) is 16.3. The van der Waals surface area contributed by atoms with Crippen LogP contribution in [0.4, 0.5) is 4.79 Å². The highest BCUT2D eigenvalue weighted by atomic mass is 16.6. The first-order chi connectivity index (χ1) is 10.6. The third kappa shape index (κ3) is 4.44. The summed E-state index contributed by atoms with van der Waals surface area (Å²) in [6.07, 6.45) is -0.0213. The van der Waals surface area contributed by atoms with Gasteiger partial charge in [0.2, 0.25) is 0 Å². The molecule has 7 nitrogen and oxygen atoms in total. The van der Waals surface area contributed by atoms with Crippen molar-refractivity contribution < 1.29 is 23.8 Å². The summed E-state index contributed by atoms with van der Waals surface area (Å²) >= 11 is 0. The molecule has 1 aromatic rings. The molecule has 1 aliphatic heterocycles. The number of morpholine rings is 1. The first-order valence-corrected chi connectivity index (χ1v) is 7.07. The van der Waals surface area contributed by atoms with Gasteiger partial charge in [-0.15, -0.1) is 0 Å². The number of benzene rings is 1. The summed E-state index contributed by atoms with van der Waals surface area (Å²) in [6.45, 7) is 2.12. The Kier molecular flexibility index (Phi) is 5.74. The summed E-state index contributed by atoms with van der Waals surface area (Å²) in [5.74, 6) is -0.00490. The number of nitrogens with zero attached hydrogens (tertiary/aromatic N) is 1. The van der Waals surface area contributed by atoms with Crippen LogP contribution in [0.3, 0.4) is 0 Å². The number of ether oxygens (including phenoxy) is 3. The van der Waals surface area contributed by atoms with Crippen LogP contribution in [0.1, 0.15) is 5.56 Å². The van der Waals surface area contributed by atoms with Crippen LogP contribution in [-0.2, 0) is 20.7 Å². The number of nitrogens with two attached hydrogens (primary N) is 1. The van der Waals surface area contributed by atoms with E-state index in [4.69, 9.17) is 15.2 Å². The molecule has 0 radical (unpaired) electrons. The molecule has 0 spiro atoms. The number of methoxy groups -OCH3 is 1. The summed E-state index contributed by atoms with van der Waals surface area (Å²) in [4.78, 5) is 24.8. The third-order valence-corrected chi connectivity index (χ3v) is 3.36. The van der Waals surface area contributed by atoms with E-state index >= 15 is 0 Å². The van der Waals surface area contributed by atoms with Gasteiger partial charge in [0.15, 0.2) is 0 Å². The van der Waals surface area contributed by atoms with Gasteiger partial charge in [0.1, 0.15) is 11.8 Å². The lowest BCUT2D eigenvalue weighted by Crippen LogP contribution is -2.42. The minimum atomic E-state index is -0.702. The Bertz CT molecular complexity index is 511. The zero-order valence-electron chi connectivity index (χ0n) is 12.5. The molecule has 1 aliphatic rings. The highest BCUT2D eigenvalue weighted by Gasteiger charge is 2.19. The zero-order valence-corrected chi connectivity index (χ0v) is 12.5. The Balaban J connectivity index is 1.88. The lowest BCUT2D eigenvalue weighted by molar-refractivity contribution is -0.142. The van der Waals surface area contributed by atoms with Gasteiger partial charge in [-0.25, -0.2) is 4.79 Å². The van der Waals surface area contributed by atoms with Gasteiger partial charge in [0, 0.05) is 13.1 Å². The summed E-state index contributed by atoms with van der Waals surface area (Å²) in [6, 6.07) is 6.19. The van der Waals surface area contributed by atoms with Crippen LogP contribution >= 0.6 is 0 Å². The third-order valence-electron chi connectivity index (χ3n) is 3.36. The van der Waals surface area contributed by atoms with Crippen molar-refractivity contribution in [2.24, 2.45) is 5.73 Å². The van der Waals surface area contributed by atoms with Crippen molar-refractivity contribution >= 4 is 12.1 Å². The summed E-state index contributed by atoms with van der Waals surface area (Å²) in [7, 11) is 1.30. The molecule has 0 saturated carbocycles. The Morgan fingerprint density at radius 2 is 1.91 bits per heavy atom. The number of esters is 1. The van der Waals surface area contributed by atoms with E-state index in [0.29, 0.717) is 38.5 Å². The standard InChI is InChI=1S/C15H20N2O5/c1-20-14(18)13(16)10-11-2-4-12(5-3-11)22-15(19)17-6-8-21-9-7-17/h2-5,13H,6-10,16H2,1H3/t13-/m0/s1. The normalized spacial score (nSPS) is 16.0. The molecular formula is C15H20N2O5. The smallest absolute Gasteiger partial charge is 0.415 e. The van der Waals surface area contributed by atoms with E-state index in [1.807, 2.05) is 0 Å². The maximum atomic E-state index is 11.9. The monoisotopic (exact) mass is 308 g/mol. The molecule has 1 aromatic carbocycles. The zero-order chi connectivity index (χ0) is 15.9. The quantitative estimate of drug-likeness (QED) is 0.817. The molecular weight excluding hydrogens is 288 g/mol. The van der Waals surface area contributed by atoms with Crippen molar-refractivity contribution in [2.75, 3.05) is 33.4 Å². The van der Waals surface area contributed by atoms with Gasteiger partial charge in [0.25, 0.3) is 0 Å². The molecule has 0 aromatic heterocycles. The van der Waals surface area contributed by atoms with Crippen LogP contribution in [0.5, 0.6) is 5.75 Å². The molecule has 2 N–H and O–H groups in total. The van der Waals surface area contributed by atoms with Gasteiger partial charge in [-0.05, 0) is 24.1 Å². The first-order valence-electron chi connectivity index (χ1n) is 7.07. The molecule has 7 heteroatoms. The van der Waals surface area contributed by atoms with E-state index in [1.165, 1.54) is 7.11 Å². The highest BCUT2D eigenvalue weighted by molar-refractivity contribution is 5.75. The number of hydrogen-bond acceptors (Lipinski definition) is 6. The van der Waals surface area contributed by atoms with Crippen molar-refractivity contribution in [1.29, 1.82) is 0 Å². The Labute approximate surface area is 128 Å². The van der Waals surface area contributed by atoms with Crippen LogP contribution in [0, 0.1) is 0 Å². The van der Waals surface area contributed by atoms with Crippen molar-refractivity contribution in [3.05, 3.63) is 29.8 Å². The number of carbonyl (C=O) groups is 2. The molecule has 1 heterocycles. The second-order valence-electron chi connectivity index (χ2n) is 4.95. The van der Waals surface area contributed by atoms with E-state index in [0.717, 1.165) is 5.56 Å². The molecule has 2 rings (SSSR count). The molecule has 120 valence electrons. The number of amides is 1. The Morgan fingerprint density at radius 3 is 2.50 bits per heavy atom. The molecule has 0 aliphatic carbocycles. The average molecular weight is 308 g/mol. The van der Waals surface area contributed by atoms with Gasteiger partial charge in [-0.3, -0.25) is 4.79 Å². The van der Waals surface area contributed by atoms with Gasteiger partial charge in [-0.2, -0.15) is 0 Å². The van der Waals surface area contributed by atoms with Gasteiger partial charge < -0.3 is 24.8 Å². The molecule has 1 amide bonds. The summed E-state index contributed by atoms with van der Waals surface area (Å²) in [5, 5.41) is 0. The fourth-order valence-electron chi connectivity index (χ4n) is 2.09. The number of hydrogen-bond donors (Lipinski definition) is 1. The van der Waals surface area contributed by atoms with Gasteiger partial charge in [0.05, 0.1) is 20.3 Å². The topological polar surface area (TPSA) is 91.1 Å². The maximum absolute atomic E-state index is 11.9. The van der Waals surface area contributed by atoms with Crippen LogP contribution in [-0.4, -0.2) is 56.4 Å². The minimum absolute atomic E-state index is 0.365. The average Bonchev–Trinajstić information content (AvgIpc) is 2.56. The van der Waals surface area contributed by atoms with Crippen LogP contribution < -0.4 is 10.5 Å². The molecule has 0 bridgehead atoms. The van der Waals surface area contributed by atoms with Crippen LogP contribution in [0.2, 0.25) is 0 Å². The number of carbonyl (C=O) groups excluding carboxylic acids is 2. The molecule has 1 saturated heterocycles. The van der Waals surface area contributed by atoms with Gasteiger partial charge >= 0.3 is 12.1 Å². The van der Waals surface area contributed by atoms with Crippen molar-refractivity contribution in [1.82, 2.24) is 4.90 Å². The second kappa shape index (κ2) is 7.77. The molecule has 1 fully saturated rings. The fourth-order valence-corrected chi connectivity index (χ4v) is 2.09. The van der Waals surface area contributed by atoms with Crippen molar-refractivity contribution in [2.45, 2.75) is 12.5 Å². The lowest BCUT2D eigenvalue weighted by Gasteiger charge is -2.25. The van der Waals surface area contributed by atoms with Gasteiger partial charge in [-0.1, -0.05) is 12.1 Å². The molecule has 1 atom stereocenters. The van der Waals surface area contributed by atoms with Crippen LogP contribution in [0.15, 0.2) is 24.3 Å². The summed E-state index contributed by atoms with van der Waals surface area (Å²) in [5.41, 5.74) is 6.56. The predicted octanol–water partition coefficient (Wildman–Crippen LogP) is 0.560. The Morgan fingerprint density at radius 1 is 1.27 bits per heavy atom. The van der Waals surface area contributed by atoms with E-state index in [2.05, 4.69) is 4.74 Å². The van der Waals surface area contributed by atoms with Crippen molar-refractivity contribution in [3.8, 4) is 5.75 Å². The maximum Gasteiger partial charge on any atom is 0.415 e. The van der Waals surface area contributed by atoms with Crippen molar-refractivity contribution in [3.63, 3.8) is 0 Å². The van der Waals surface area contributed by atoms with E-state index < -0.39 is 12.0 Å². The van der Waals surface area contributed by atoms with E-state index in [1.54, 1.807) is 29.2 Å². The van der Waals surface area contributed by atoms with E-state index in [-0.39, 0.29) is 6.09 Å². The summed E-state index contributed by atoms with van der Waals surface area (Å²) < 4.78 is 15.1.